The lowest BCUT2D eigenvalue weighted by Gasteiger charge is -2.23. The Bertz CT molecular complexity index is 701. The molecule has 0 fully saturated rings. The van der Waals surface area contributed by atoms with Crippen LogP contribution in [-0.2, 0) is 17.6 Å². The van der Waals surface area contributed by atoms with Crippen molar-refractivity contribution in [3.8, 4) is 11.3 Å². The third-order valence-corrected chi connectivity index (χ3v) is 4.39. The smallest absolute Gasteiger partial charge is 0.404 e. The third kappa shape index (κ3) is 3.50. The van der Waals surface area contributed by atoms with E-state index in [9.17, 15) is 4.79 Å². The molecule has 3 rings (SSSR count). The average Bonchev–Trinajstić information content (AvgIpc) is 2.52. The number of hydrogen-bond acceptors (Lipinski definition) is 4. The Morgan fingerprint density at radius 3 is 2.65 bits per heavy atom. The van der Waals surface area contributed by atoms with E-state index in [0.717, 1.165) is 49.1 Å². The molecule has 1 aromatic heterocycles. The van der Waals surface area contributed by atoms with Crippen molar-refractivity contribution in [2.45, 2.75) is 45.1 Å². The van der Waals surface area contributed by atoms with Gasteiger partial charge in [-0.2, -0.15) is 5.10 Å². The number of aryl methyl sites for hydroxylation is 1. The maximum atomic E-state index is 11.0. The molecule has 1 aliphatic rings. The maximum absolute atomic E-state index is 11.0. The molecule has 2 N–H and O–H groups in total. The minimum absolute atomic E-state index is 0.103. The molecule has 0 saturated heterocycles. The van der Waals surface area contributed by atoms with Gasteiger partial charge in [0.1, 0.15) is 6.10 Å². The molecule has 1 aromatic carbocycles. The number of nitrogens with two attached hydrogens (primary N) is 1. The molecular weight excluding hydrogens is 290 g/mol. The average molecular weight is 311 g/mol. The number of amides is 1. The summed E-state index contributed by atoms with van der Waals surface area (Å²) in [6, 6.07) is 10.2. The molecule has 0 saturated carbocycles. The number of primary amides is 1. The van der Waals surface area contributed by atoms with Crippen LogP contribution in [0, 0.1) is 6.92 Å². The van der Waals surface area contributed by atoms with E-state index < -0.39 is 6.09 Å². The van der Waals surface area contributed by atoms with Gasteiger partial charge < -0.3 is 10.5 Å². The Hall–Kier alpha value is -2.43. The highest BCUT2D eigenvalue weighted by Crippen LogP contribution is 2.30. The van der Waals surface area contributed by atoms with Gasteiger partial charge in [0, 0.05) is 5.56 Å². The van der Waals surface area contributed by atoms with Crippen LogP contribution in [0.1, 0.15) is 36.1 Å². The monoisotopic (exact) mass is 311 g/mol. The van der Waals surface area contributed by atoms with Crippen molar-refractivity contribution < 1.29 is 9.53 Å². The van der Waals surface area contributed by atoms with Crippen molar-refractivity contribution in [3.05, 3.63) is 47.2 Å². The fourth-order valence-corrected chi connectivity index (χ4v) is 3.27. The molecule has 2 aromatic rings. The summed E-state index contributed by atoms with van der Waals surface area (Å²) >= 11 is 0. The van der Waals surface area contributed by atoms with Crippen LogP contribution < -0.4 is 5.73 Å². The molecule has 0 unspecified atom stereocenters. The van der Waals surface area contributed by atoms with Gasteiger partial charge in [-0.15, -0.1) is 5.10 Å². The highest BCUT2D eigenvalue weighted by Gasteiger charge is 2.21. The number of rotatable bonds is 2. The van der Waals surface area contributed by atoms with Crippen molar-refractivity contribution in [2.75, 3.05) is 0 Å². The Morgan fingerprint density at radius 2 is 1.91 bits per heavy atom. The SMILES string of the molecule is Cc1nnc(-c2ccccc2)c2c1CC[C@@H](OC(N)=O)CCC2. The fourth-order valence-electron chi connectivity index (χ4n) is 3.27. The summed E-state index contributed by atoms with van der Waals surface area (Å²) in [6.45, 7) is 1.99. The first-order valence-corrected chi connectivity index (χ1v) is 8.01. The minimum atomic E-state index is -0.689. The molecular formula is C18H21N3O2. The lowest BCUT2D eigenvalue weighted by atomic mass is 9.89. The number of benzene rings is 1. The van der Waals surface area contributed by atoms with Crippen LogP contribution in [0.25, 0.3) is 11.3 Å². The summed E-state index contributed by atoms with van der Waals surface area (Å²) in [5.41, 5.74) is 10.7. The van der Waals surface area contributed by atoms with E-state index in [0.29, 0.717) is 0 Å². The molecule has 0 aliphatic heterocycles. The van der Waals surface area contributed by atoms with Crippen LogP contribution in [0.5, 0.6) is 0 Å². The first-order chi connectivity index (χ1) is 11.1. The zero-order chi connectivity index (χ0) is 16.2. The standard InChI is InChI=1S/C18H21N3O2/c1-12-15-11-10-14(23-18(19)22)8-5-9-16(15)17(21-20-12)13-6-3-2-4-7-13/h2-4,6-7,14H,5,8-11H2,1H3,(H2,19,22)/t14-/m0/s1. The molecule has 23 heavy (non-hydrogen) atoms. The third-order valence-electron chi connectivity index (χ3n) is 4.39. The summed E-state index contributed by atoms with van der Waals surface area (Å²) < 4.78 is 5.20. The molecule has 120 valence electrons. The Balaban J connectivity index is 1.94. The number of hydrogen-bond donors (Lipinski definition) is 1. The van der Waals surface area contributed by atoms with Gasteiger partial charge in [0.15, 0.2) is 0 Å². The second kappa shape index (κ2) is 6.77. The van der Waals surface area contributed by atoms with Crippen molar-refractivity contribution in [2.24, 2.45) is 5.73 Å². The highest BCUT2D eigenvalue weighted by molar-refractivity contribution is 5.65. The van der Waals surface area contributed by atoms with E-state index in [4.69, 9.17) is 10.5 Å². The Labute approximate surface area is 135 Å². The van der Waals surface area contributed by atoms with Gasteiger partial charge in [0.05, 0.1) is 11.4 Å². The van der Waals surface area contributed by atoms with Crippen LogP contribution in [0.4, 0.5) is 4.79 Å². The molecule has 5 nitrogen and oxygen atoms in total. The molecule has 1 amide bonds. The predicted molar refractivity (Wildman–Crippen MR) is 87.9 cm³/mol. The van der Waals surface area contributed by atoms with E-state index in [1.54, 1.807) is 0 Å². The van der Waals surface area contributed by atoms with Crippen molar-refractivity contribution in [1.29, 1.82) is 0 Å². The number of ether oxygens (including phenoxy) is 1. The van der Waals surface area contributed by atoms with Gasteiger partial charge in [-0.3, -0.25) is 0 Å². The Morgan fingerprint density at radius 1 is 1.13 bits per heavy atom. The number of carbonyl (C=O) groups excluding carboxylic acids is 1. The van der Waals surface area contributed by atoms with Crippen molar-refractivity contribution >= 4 is 6.09 Å². The van der Waals surface area contributed by atoms with Crippen LogP contribution >= 0.6 is 0 Å². The molecule has 1 atom stereocenters. The largest absolute Gasteiger partial charge is 0.446 e. The topological polar surface area (TPSA) is 78.1 Å². The van der Waals surface area contributed by atoms with Gasteiger partial charge in [-0.05, 0) is 50.2 Å². The second-order valence-electron chi connectivity index (χ2n) is 5.95. The summed E-state index contributed by atoms with van der Waals surface area (Å²) in [5, 5.41) is 8.79. The number of nitrogens with zero attached hydrogens (tertiary/aromatic N) is 2. The zero-order valence-electron chi connectivity index (χ0n) is 13.3. The molecule has 0 bridgehead atoms. The molecule has 1 aliphatic carbocycles. The zero-order valence-corrected chi connectivity index (χ0v) is 13.3. The fraction of sp³-hybridized carbons (Fsp3) is 0.389. The van der Waals surface area contributed by atoms with Gasteiger partial charge in [-0.25, -0.2) is 4.79 Å². The van der Waals surface area contributed by atoms with Gasteiger partial charge in [0.2, 0.25) is 0 Å². The maximum Gasteiger partial charge on any atom is 0.404 e. The molecule has 5 heteroatoms. The number of aromatic nitrogens is 2. The second-order valence-corrected chi connectivity index (χ2v) is 5.95. The van der Waals surface area contributed by atoms with E-state index in [1.807, 2.05) is 25.1 Å². The summed E-state index contributed by atoms with van der Waals surface area (Å²) in [7, 11) is 0. The minimum Gasteiger partial charge on any atom is -0.446 e. The highest BCUT2D eigenvalue weighted by atomic mass is 16.6. The van der Waals surface area contributed by atoms with Crippen molar-refractivity contribution in [3.63, 3.8) is 0 Å². The van der Waals surface area contributed by atoms with Crippen LogP contribution in [0.2, 0.25) is 0 Å². The van der Waals surface area contributed by atoms with E-state index in [1.165, 1.54) is 11.1 Å². The summed E-state index contributed by atoms with van der Waals surface area (Å²) in [4.78, 5) is 11.0. The first kappa shape index (κ1) is 15.5. The van der Waals surface area contributed by atoms with Crippen LogP contribution in [0.15, 0.2) is 30.3 Å². The molecule has 0 spiro atoms. The Kier molecular flexibility index (Phi) is 4.55. The van der Waals surface area contributed by atoms with Gasteiger partial charge in [-0.1, -0.05) is 30.3 Å². The number of fused-ring (bicyclic) bond motifs is 1. The van der Waals surface area contributed by atoms with E-state index in [-0.39, 0.29) is 6.10 Å². The van der Waals surface area contributed by atoms with Gasteiger partial charge >= 0.3 is 6.09 Å². The first-order valence-electron chi connectivity index (χ1n) is 8.01. The molecule has 0 radical (unpaired) electrons. The van der Waals surface area contributed by atoms with E-state index in [2.05, 4.69) is 22.3 Å². The van der Waals surface area contributed by atoms with Crippen LogP contribution in [-0.4, -0.2) is 22.4 Å². The lowest BCUT2D eigenvalue weighted by molar-refractivity contribution is 0.0937. The quantitative estimate of drug-likeness (QED) is 0.924. The van der Waals surface area contributed by atoms with E-state index >= 15 is 0 Å². The molecule has 1 heterocycles. The lowest BCUT2D eigenvalue weighted by Crippen LogP contribution is -2.25. The normalized spacial score (nSPS) is 17.7. The summed E-state index contributed by atoms with van der Waals surface area (Å²) in [6.07, 6.45) is 3.49. The van der Waals surface area contributed by atoms with Crippen LogP contribution in [0.3, 0.4) is 0 Å². The summed E-state index contributed by atoms with van der Waals surface area (Å²) in [5.74, 6) is 0. The van der Waals surface area contributed by atoms with Crippen molar-refractivity contribution in [1.82, 2.24) is 10.2 Å². The van der Waals surface area contributed by atoms with Gasteiger partial charge in [0.25, 0.3) is 0 Å². The predicted octanol–water partition coefficient (Wildman–Crippen LogP) is 3.18. The number of carbonyl (C=O) groups is 1.